The number of nitrogens with zero attached hydrogens (tertiary/aromatic N) is 1. The zero-order valence-electron chi connectivity index (χ0n) is 17.2. The zero-order chi connectivity index (χ0) is 22.6. The fraction of sp³-hybridized carbons (Fsp3) is 0.571. The number of carbonyl (C=O) groups is 3. The van der Waals surface area contributed by atoms with Gasteiger partial charge in [0.05, 0.1) is 0 Å². The normalized spacial score (nSPS) is 22.7. The summed E-state index contributed by atoms with van der Waals surface area (Å²) in [6.07, 6.45) is -2.42. The number of piperidine rings is 1. The second-order valence-electron chi connectivity index (χ2n) is 8.03. The molecule has 1 aromatic rings. The molecule has 3 amide bonds. The van der Waals surface area contributed by atoms with Crippen LogP contribution in [0.25, 0.3) is 0 Å². The lowest BCUT2D eigenvalue weighted by Crippen LogP contribution is -2.50. The van der Waals surface area contributed by atoms with Crippen LogP contribution in [-0.4, -0.2) is 55.2 Å². The molecule has 2 fully saturated rings. The molecule has 1 saturated carbocycles. The van der Waals surface area contributed by atoms with Crippen molar-refractivity contribution in [2.24, 2.45) is 17.8 Å². The van der Waals surface area contributed by atoms with E-state index in [4.69, 9.17) is 0 Å². The van der Waals surface area contributed by atoms with Crippen molar-refractivity contribution in [1.82, 2.24) is 15.5 Å². The number of ether oxygens (including phenoxy) is 1. The molecular weight excluding hydrogens is 415 g/mol. The van der Waals surface area contributed by atoms with E-state index in [-0.39, 0.29) is 46.8 Å². The maximum atomic E-state index is 12.8. The average Bonchev–Trinajstić information content (AvgIpc) is 2.96. The van der Waals surface area contributed by atoms with Crippen LogP contribution in [-0.2, 0) is 9.59 Å². The molecule has 7 nitrogen and oxygen atoms in total. The average molecular weight is 441 g/mol. The summed E-state index contributed by atoms with van der Waals surface area (Å²) < 4.78 is 40.7. The molecule has 3 atom stereocenters. The summed E-state index contributed by atoms with van der Waals surface area (Å²) in [7, 11) is 0. The topological polar surface area (TPSA) is 87.7 Å². The van der Waals surface area contributed by atoms with Gasteiger partial charge in [0.25, 0.3) is 5.91 Å². The number of amides is 3. The lowest BCUT2D eigenvalue weighted by atomic mass is 9.84. The number of halogens is 3. The molecule has 1 aliphatic heterocycles. The highest BCUT2D eigenvalue weighted by atomic mass is 19.4. The molecule has 2 N–H and O–H groups in total. The van der Waals surface area contributed by atoms with Crippen molar-refractivity contribution < 1.29 is 32.3 Å². The SMILES string of the molecule is CC(=O)NCCCNC(=O)C1[C@@H]2CC[C@H]1CN(C(=O)c1ccc(OC(F)(F)F)cc1)C2. The summed E-state index contributed by atoms with van der Waals surface area (Å²) in [5.74, 6) is -0.785. The molecule has 0 aromatic heterocycles. The molecule has 2 aliphatic rings. The van der Waals surface area contributed by atoms with Gasteiger partial charge in [0.15, 0.2) is 0 Å². The summed E-state index contributed by atoms with van der Waals surface area (Å²) in [5.41, 5.74) is 0.287. The zero-order valence-corrected chi connectivity index (χ0v) is 17.2. The predicted molar refractivity (Wildman–Crippen MR) is 105 cm³/mol. The number of fused-ring (bicyclic) bond motifs is 2. The Hall–Kier alpha value is -2.78. The third-order valence-corrected chi connectivity index (χ3v) is 5.79. The van der Waals surface area contributed by atoms with Crippen LogP contribution in [0.4, 0.5) is 13.2 Å². The van der Waals surface area contributed by atoms with E-state index >= 15 is 0 Å². The van der Waals surface area contributed by atoms with Crippen molar-refractivity contribution in [3.8, 4) is 5.75 Å². The standard InChI is InChI=1S/C21H26F3N3O4/c1-13(28)25-9-2-10-26-19(29)18-15-3-4-16(18)12-27(11-15)20(30)14-5-7-17(8-6-14)31-21(22,23)24/h5-8,15-16,18H,2-4,9-12H2,1H3,(H,25,28)(H,26,29)/t15-,16+,18?. The number of likely N-dealkylation sites (tertiary alicyclic amines) is 1. The molecule has 10 heteroatoms. The third kappa shape index (κ3) is 6.11. The Morgan fingerprint density at radius 3 is 2.16 bits per heavy atom. The Balaban J connectivity index is 1.52. The van der Waals surface area contributed by atoms with Gasteiger partial charge < -0.3 is 20.3 Å². The van der Waals surface area contributed by atoms with Crippen LogP contribution >= 0.6 is 0 Å². The summed E-state index contributed by atoms with van der Waals surface area (Å²) >= 11 is 0. The molecular formula is C21H26F3N3O4. The molecule has 1 aliphatic carbocycles. The lowest BCUT2D eigenvalue weighted by molar-refractivity contribution is -0.274. The van der Waals surface area contributed by atoms with Crippen LogP contribution in [0.1, 0.15) is 36.5 Å². The largest absolute Gasteiger partial charge is 0.573 e. The van der Waals surface area contributed by atoms with Crippen molar-refractivity contribution in [1.29, 1.82) is 0 Å². The molecule has 0 radical (unpaired) electrons. The molecule has 1 aromatic carbocycles. The Labute approximate surface area is 178 Å². The molecule has 0 spiro atoms. The first-order chi connectivity index (χ1) is 14.6. The number of hydrogen-bond acceptors (Lipinski definition) is 4. The van der Waals surface area contributed by atoms with E-state index in [1.165, 1.54) is 19.1 Å². The summed E-state index contributed by atoms with van der Waals surface area (Å²) in [6, 6.07) is 4.88. The Kier molecular flexibility index (Phi) is 7.07. The second-order valence-corrected chi connectivity index (χ2v) is 8.03. The van der Waals surface area contributed by atoms with E-state index in [1.807, 2.05) is 0 Å². The molecule has 31 heavy (non-hydrogen) atoms. The highest BCUT2D eigenvalue weighted by molar-refractivity contribution is 5.94. The molecule has 1 heterocycles. The van der Waals surface area contributed by atoms with Crippen LogP contribution in [0.15, 0.2) is 24.3 Å². The Morgan fingerprint density at radius 1 is 1.03 bits per heavy atom. The van der Waals surface area contributed by atoms with E-state index in [1.54, 1.807) is 4.90 Å². The minimum absolute atomic E-state index is 0.0175. The van der Waals surface area contributed by atoms with Gasteiger partial charge in [-0.2, -0.15) is 0 Å². The number of alkyl halides is 3. The highest BCUT2D eigenvalue weighted by Gasteiger charge is 2.46. The summed E-state index contributed by atoms with van der Waals surface area (Å²) in [5, 5.41) is 5.61. The van der Waals surface area contributed by atoms with Gasteiger partial charge in [0, 0.05) is 44.6 Å². The molecule has 1 saturated heterocycles. The number of nitrogens with one attached hydrogen (secondary N) is 2. The number of hydrogen-bond donors (Lipinski definition) is 2. The van der Waals surface area contributed by atoms with Crippen molar-refractivity contribution in [2.45, 2.75) is 32.5 Å². The van der Waals surface area contributed by atoms with Crippen LogP contribution in [0.2, 0.25) is 0 Å². The summed E-state index contributed by atoms with van der Waals surface area (Å²) in [4.78, 5) is 38.0. The Morgan fingerprint density at radius 2 is 1.61 bits per heavy atom. The van der Waals surface area contributed by atoms with E-state index in [2.05, 4.69) is 15.4 Å². The van der Waals surface area contributed by atoms with Crippen molar-refractivity contribution in [2.75, 3.05) is 26.2 Å². The van der Waals surface area contributed by atoms with Gasteiger partial charge in [-0.25, -0.2) is 0 Å². The first-order valence-electron chi connectivity index (χ1n) is 10.3. The molecule has 2 bridgehead atoms. The van der Waals surface area contributed by atoms with Crippen molar-refractivity contribution in [3.63, 3.8) is 0 Å². The number of rotatable bonds is 7. The fourth-order valence-corrected chi connectivity index (χ4v) is 4.48. The quantitative estimate of drug-likeness (QED) is 0.636. The van der Waals surface area contributed by atoms with Crippen LogP contribution in [0.5, 0.6) is 5.75 Å². The van der Waals surface area contributed by atoms with Gasteiger partial charge in [0.2, 0.25) is 11.8 Å². The van der Waals surface area contributed by atoms with Crippen LogP contribution < -0.4 is 15.4 Å². The molecule has 3 rings (SSSR count). The maximum Gasteiger partial charge on any atom is 0.573 e. The smallest absolute Gasteiger partial charge is 0.406 e. The van der Waals surface area contributed by atoms with Gasteiger partial charge in [-0.3, -0.25) is 14.4 Å². The summed E-state index contributed by atoms with van der Waals surface area (Å²) in [6.45, 7) is 3.31. The van der Waals surface area contributed by atoms with Crippen molar-refractivity contribution in [3.05, 3.63) is 29.8 Å². The van der Waals surface area contributed by atoms with E-state index < -0.39 is 6.36 Å². The van der Waals surface area contributed by atoms with Gasteiger partial charge in [-0.05, 0) is 55.4 Å². The minimum Gasteiger partial charge on any atom is -0.406 e. The van der Waals surface area contributed by atoms with Gasteiger partial charge in [-0.15, -0.1) is 13.2 Å². The molecule has 170 valence electrons. The van der Waals surface area contributed by atoms with Crippen LogP contribution in [0.3, 0.4) is 0 Å². The number of benzene rings is 1. The maximum absolute atomic E-state index is 12.8. The predicted octanol–water partition coefficient (Wildman–Crippen LogP) is 2.33. The third-order valence-electron chi connectivity index (χ3n) is 5.79. The number of carbonyl (C=O) groups excluding carboxylic acids is 3. The van der Waals surface area contributed by atoms with Crippen LogP contribution in [0, 0.1) is 17.8 Å². The van der Waals surface area contributed by atoms with Gasteiger partial charge in [-0.1, -0.05) is 0 Å². The van der Waals surface area contributed by atoms with Gasteiger partial charge in [0.1, 0.15) is 5.75 Å². The Bertz CT molecular complexity index is 799. The van der Waals surface area contributed by atoms with E-state index in [0.717, 1.165) is 25.0 Å². The van der Waals surface area contributed by atoms with Gasteiger partial charge >= 0.3 is 6.36 Å². The van der Waals surface area contributed by atoms with E-state index in [0.29, 0.717) is 32.6 Å². The fourth-order valence-electron chi connectivity index (χ4n) is 4.48. The first kappa shape index (κ1) is 22.9. The highest BCUT2D eigenvalue weighted by Crippen LogP contribution is 2.42. The van der Waals surface area contributed by atoms with E-state index in [9.17, 15) is 27.6 Å². The minimum atomic E-state index is -4.78. The molecule has 1 unspecified atom stereocenters. The lowest BCUT2D eigenvalue weighted by Gasteiger charge is -2.37. The van der Waals surface area contributed by atoms with Crippen molar-refractivity contribution >= 4 is 17.7 Å². The monoisotopic (exact) mass is 441 g/mol. The first-order valence-corrected chi connectivity index (χ1v) is 10.3. The second kappa shape index (κ2) is 9.57.